The molecule has 4 aromatic rings. The van der Waals surface area contributed by atoms with E-state index in [-0.39, 0.29) is 24.4 Å². The molecule has 6 heteroatoms. The number of carbonyl (C=O) groups is 2. The van der Waals surface area contributed by atoms with Gasteiger partial charge >= 0.3 is 0 Å². The number of hydrogen-bond acceptors (Lipinski definition) is 3. The lowest BCUT2D eigenvalue weighted by atomic mass is 9.97. The number of amides is 2. The molecule has 0 fully saturated rings. The molecule has 3 heterocycles. The van der Waals surface area contributed by atoms with Crippen LogP contribution >= 0.6 is 0 Å². The number of H-pyrrole nitrogens is 1. The van der Waals surface area contributed by atoms with Gasteiger partial charge in [-0.25, -0.2) is 0 Å². The van der Waals surface area contributed by atoms with Gasteiger partial charge in [0.05, 0.1) is 12.6 Å². The summed E-state index contributed by atoms with van der Waals surface area (Å²) in [5.41, 5.74) is 3.53. The lowest BCUT2D eigenvalue weighted by Crippen LogP contribution is -2.46. The number of nitrogens with one attached hydrogen (secondary N) is 2. The molecule has 1 aliphatic rings. The molecule has 0 radical (unpaired) electrons. The Morgan fingerprint density at radius 3 is 2.68 bits per heavy atom. The van der Waals surface area contributed by atoms with E-state index in [1.165, 1.54) is 0 Å². The highest BCUT2D eigenvalue weighted by Gasteiger charge is 2.42. The number of benzene rings is 2. The third-order valence-electron chi connectivity index (χ3n) is 5.94. The van der Waals surface area contributed by atoms with Crippen molar-refractivity contribution in [1.29, 1.82) is 0 Å². The summed E-state index contributed by atoms with van der Waals surface area (Å²) in [6.07, 6.45) is 1.94. The predicted octanol–water partition coefficient (Wildman–Crippen LogP) is 4.32. The monoisotopic (exact) mass is 413 g/mol. The molecule has 5 rings (SSSR count). The first kappa shape index (κ1) is 19.2. The van der Waals surface area contributed by atoms with Crippen LogP contribution in [0.25, 0.3) is 10.9 Å². The number of aromatic nitrogens is 1. The van der Waals surface area contributed by atoms with Crippen LogP contribution in [0.15, 0.2) is 71.3 Å². The van der Waals surface area contributed by atoms with Crippen molar-refractivity contribution in [2.75, 3.05) is 0 Å². The molecule has 0 saturated heterocycles. The van der Waals surface area contributed by atoms with Crippen molar-refractivity contribution in [3.05, 3.63) is 95.1 Å². The number of aromatic amines is 1. The quantitative estimate of drug-likeness (QED) is 0.511. The second-order valence-corrected chi connectivity index (χ2v) is 7.90. The molecule has 0 aliphatic carbocycles. The summed E-state index contributed by atoms with van der Waals surface area (Å²) in [5, 5.41) is 3.95. The molecule has 0 unspecified atom stereocenters. The van der Waals surface area contributed by atoms with Crippen LogP contribution in [0.4, 0.5) is 0 Å². The van der Waals surface area contributed by atoms with Crippen LogP contribution in [0, 0.1) is 6.92 Å². The standard InChI is InChI=1S/C25H23N3O3/c1-15-11-12-17(31-15)13-27-24(29)16(2)28-23(19-8-3-4-9-20(19)25(28)30)21-14-26-22-10-6-5-7-18(21)22/h3-12,14,16,23,26H,13H2,1-2H3,(H,27,29)/t16-,23-/m0/s1. The average molecular weight is 413 g/mol. The molecule has 156 valence electrons. The van der Waals surface area contributed by atoms with E-state index in [1.54, 1.807) is 11.8 Å². The van der Waals surface area contributed by atoms with E-state index in [0.717, 1.165) is 27.8 Å². The third kappa shape index (κ3) is 3.20. The minimum atomic E-state index is -0.658. The zero-order chi connectivity index (χ0) is 21.5. The molecular formula is C25H23N3O3. The number of aryl methyl sites for hydroxylation is 1. The molecule has 2 aromatic heterocycles. The molecule has 2 aromatic carbocycles. The fourth-order valence-corrected chi connectivity index (χ4v) is 4.40. The van der Waals surface area contributed by atoms with Crippen molar-refractivity contribution < 1.29 is 14.0 Å². The zero-order valence-corrected chi connectivity index (χ0v) is 17.4. The summed E-state index contributed by atoms with van der Waals surface area (Å²) in [6.45, 7) is 3.91. The van der Waals surface area contributed by atoms with Crippen LogP contribution in [0.3, 0.4) is 0 Å². The van der Waals surface area contributed by atoms with Crippen molar-refractivity contribution in [1.82, 2.24) is 15.2 Å². The Kier molecular flexibility index (Phi) is 4.62. The summed E-state index contributed by atoms with van der Waals surface area (Å²) in [6, 6.07) is 18.3. The largest absolute Gasteiger partial charge is 0.465 e. The van der Waals surface area contributed by atoms with Crippen LogP contribution in [0.5, 0.6) is 0 Å². The Hall–Kier alpha value is -3.80. The Balaban J connectivity index is 1.50. The van der Waals surface area contributed by atoms with Crippen LogP contribution in [-0.2, 0) is 11.3 Å². The second kappa shape index (κ2) is 7.47. The van der Waals surface area contributed by atoms with Gasteiger partial charge in [-0.1, -0.05) is 36.4 Å². The van der Waals surface area contributed by atoms with E-state index in [9.17, 15) is 9.59 Å². The van der Waals surface area contributed by atoms with Gasteiger partial charge in [-0.05, 0) is 43.7 Å². The van der Waals surface area contributed by atoms with Gasteiger partial charge in [0, 0.05) is 28.2 Å². The summed E-state index contributed by atoms with van der Waals surface area (Å²) in [4.78, 5) is 31.4. The van der Waals surface area contributed by atoms with Gasteiger partial charge in [0.1, 0.15) is 17.6 Å². The molecule has 0 bridgehead atoms. The number of nitrogens with zero attached hydrogens (tertiary/aromatic N) is 1. The van der Waals surface area contributed by atoms with E-state index in [1.807, 2.05) is 73.8 Å². The lowest BCUT2D eigenvalue weighted by molar-refractivity contribution is -0.125. The lowest BCUT2D eigenvalue weighted by Gasteiger charge is -2.30. The first-order valence-electron chi connectivity index (χ1n) is 10.3. The van der Waals surface area contributed by atoms with Crippen molar-refractivity contribution >= 4 is 22.7 Å². The number of carbonyl (C=O) groups excluding carboxylic acids is 2. The SMILES string of the molecule is Cc1ccc(CNC(=O)[C@H](C)N2C(=O)c3ccccc3[C@H]2c2c[nH]c3ccccc23)o1. The normalized spacial score (nSPS) is 16.5. The topological polar surface area (TPSA) is 78.3 Å². The first-order chi connectivity index (χ1) is 15.0. The Labute approximate surface area is 179 Å². The van der Waals surface area contributed by atoms with E-state index in [4.69, 9.17) is 4.42 Å². The molecule has 0 saturated carbocycles. The number of para-hydroxylation sites is 1. The molecule has 0 spiro atoms. The fraction of sp³-hybridized carbons (Fsp3) is 0.200. The van der Waals surface area contributed by atoms with Gasteiger partial charge in [-0.15, -0.1) is 0 Å². The Morgan fingerprint density at radius 2 is 1.87 bits per heavy atom. The maximum absolute atomic E-state index is 13.4. The molecule has 2 atom stereocenters. The molecule has 1 aliphatic heterocycles. The third-order valence-corrected chi connectivity index (χ3v) is 5.94. The number of rotatable bonds is 5. The van der Waals surface area contributed by atoms with Crippen LogP contribution in [0.1, 0.15) is 46.0 Å². The van der Waals surface area contributed by atoms with Crippen LogP contribution in [-0.4, -0.2) is 27.7 Å². The molecule has 2 N–H and O–H groups in total. The first-order valence-corrected chi connectivity index (χ1v) is 10.3. The van der Waals surface area contributed by atoms with Gasteiger partial charge < -0.3 is 19.6 Å². The zero-order valence-electron chi connectivity index (χ0n) is 17.4. The Bertz CT molecular complexity index is 1290. The summed E-state index contributed by atoms with van der Waals surface area (Å²) >= 11 is 0. The van der Waals surface area contributed by atoms with Crippen molar-refractivity contribution in [3.63, 3.8) is 0 Å². The fourth-order valence-electron chi connectivity index (χ4n) is 4.40. The van der Waals surface area contributed by atoms with Crippen molar-refractivity contribution in [2.24, 2.45) is 0 Å². The molecule has 6 nitrogen and oxygen atoms in total. The smallest absolute Gasteiger partial charge is 0.255 e. The minimum Gasteiger partial charge on any atom is -0.465 e. The van der Waals surface area contributed by atoms with Gasteiger partial charge in [-0.3, -0.25) is 9.59 Å². The van der Waals surface area contributed by atoms with E-state index in [0.29, 0.717) is 11.3 Å². The van der Waals surface area contributed by atoms with E-state index < -0.39 is 6.04 Å². The van der Waals surface area contributed by atoms with Crippen LogP contribution < -0.4 is 5.32 Å². The second-order valence-electron chi connectivity index (χ2n) is 7.90. The predicted molar refractivity (Wildman–Crippen MR) is 118 cm³/mol. The summed E-state index contributed by atoms with van der Waals surface area (Å²) < 4.78 is 5.54. The minimum absolute atomic E-state index is 0.137. The highest BCUT2D eigenvalue weighted by atomic mass is 16.3. The summed E-state index contributed by atoms with van der Waals surface area (Å²) in [5.74, 6) is 1.12. The van der Waals surface area contributed by atoms with Gasteiger partial charge in [0.2, 0.25) is 5.91 Å². The van der Waals surface area contributed by atoms with Gasteiger partial charge in [-0.2, -0.15) is 0 Å². The number of furan rings is 1. The maximum atomic E-state index is 13.4. The van der Waals surface area contributed by atoms with E-state index >= 15 is 0 Å². The molecule has 31 heavy (non-hydrogen) atoms. The highest BCUT2D eigenvalue weighted by molar-refractivity contribution is 6.03. The number of fused-ring (bicyclic) bond motifs is 2. The number of hydrogen-bond donors (Lipinski definition) is 2. The highest BCUT2D eigenvalue weighted by Crippen LogP contribution is 2.42. The average Bonchev–Trinajstić information content (AvgIpc) is 3.47. The van der Waals surface area contributed by atoms with Gasteiger partial charge in [0.15, 0.2) is 0 Å². The van der Waals surface area contributed by atoms with E-state index in [2.05, 4.69) is 10.3 Å². The summed E-state index contributed by atoms with van der Waals surface area (Å²) in [7, 11) is 0. The molecule has 2 amide bonds. The van der Waals surface area contributed by atoms with Crippen molar-refractivity contribution in [3.8, 4) is 0 Å². The molecular weight excluding hydrogens is 390 g/mol. The maximum Gasteiger partial charge on any atom is 0.255 e. The Morgan fingerprint density at radius 1 is 1.10 bits per heavy atom. The van der Waals surface area contributed by atoms with Crippen LogP contribution in [0.2, 0.25) is 0 Å². The van der Waals surface area contributed by atoms with Crippen molar-refractivity contribution in [2.45, 2.75) is 32.5 Å². The van der Waals surface area contributed by atoms with Gasteiger partial charge in [0.25, 0.3) is 5.91 Å².